The molecule has 0 amide bonds. The summed E-state index contributed by atoms with van der Waals surface area (Å²) in [6.45, 7) is 1.39. The Hall–Kier alpha value is -2.15. The van der Waals surface area contributed by atoms with Crippen LogP contribution in [0.25, 0.3) is 0 Å². The normalized spacial score (nSPS) is 10.6. The zero-order chi connectivity index (χ0) is 17.5. The highest BCUT2D eigenvalue weighted by molar-refractivity contribution is 6.33. The quantitative estimate of drug-likeness (QED) is 0.465. The van der Waals surface area contributed by atoms with Crippen LogP contribution in [0.3, 0.4) is 0 Å². The average molecular weight is 351 g/mol. The van der Waals surface area contributed by atoms with E-state index in [0.717, 1.165) is 16.9 Å². The van der Waals surface area contributed by atoms with Gasteiger partial charge in [-0.15, -0.1) is 0 Å². The summed E-state index contributed by atoms with van der Waals surface area (Å²) in [5, 5.41) is 22.0. The van der Waals surface area contributed by atoms with E-state index in [1.54, 1.807) is 18.2 Å². The van der Waals surface area contributed by atoms with Crippen LogP contribution in [0.4, 0.5) is 22.7 Å². The highest BCUT2D eigenvalue weighted by Gasteiger charge is 2.09. The van der Waals surface area contributed by atoms with E-state index in [1.165, 1.54) is 0 Å². The van der Waals surface area contributed by atoms with E-state index >= 15 is 0 Å². The fraction of sp³-hybridized carbons (Fsp3) is 0.294. The van der Waals surface area contributed by atoms with Crippen molar-refractivity contribution in [2.45, 2.75) is 6.54 Å². The minimum atomic E-state index is 0.00628. The van der Waals surface area contributed by atoms with Crippen molar-refractivity contribution in [1.29, 1.82) is 0 Å². The number of nitrogens with one attached hydrogen (secondary N) is 1. The zero-order valence-corrected chi connectivity index (χ0v) is 14.1. The predicted octanol–water partition coefficient (Wildman–Crippen LogP) is 1.91. The fourth-order valence-electron chi connectivity index (χ4n) is 2.42. The van der Waals surface area contributed by atoms with E-state index in [1.807, 2.05) is 23.1 Å². The molecule has 0 spiro atoms. The molecule has 24 heavy (non-hydrogen) atoms. The molecule has 0 bridgehead atoms. The molecule has 0 aliphatic carbocycles. The van der Waals surface area contributed by atoms with Gasteiger partial charge in [0.15, 0.2) is 0 Å². The minimum absolute atomic E-state index is 0.00628. The average Bonchev–Trinajstić information content (AvgIpc) is 2.56. The standard InChI is InChI=1S/C17H23ClN4O2/c18-15-10-14(22(5-7-23)6-8-24)2-4-17(15)21-11-12-9-13(19)1-3-16(12)20/h1-4,9-10,21,23-24H,5-8,11,19-20H2. The first kappa shape index (κ1) is 18.2. The highest BCUT2D eigenvalue weighted by Crippen LogP contribution is 2.28. The molecule has 2 rings (SSSR count). The van der Waals surface area contributed by atoms with E-state index < -0.39 is 0 Å². The maximum absolute atomic E-state index is 9.12. The van der Waals surface area contributed by atoms with Crippen LogP contribution in [-0.2, 0) is 6.54 Å². The number of hydrogen-bond acceptors (Lipinski definition) is 6. The Bertz CT molecular complexity index is 676. The number of rotatable bonds is 8. The summed E-state index contributed by atoms with van der Waals surface area (Å²) < 4.78 is 0. The third-order valence-electron chi connectivity index (χ3n) is 3.69. The number of halogens is 1. The summed E-state index contributed by atoms with van der Waals surface area (Å²) in [5.74, 6) is 0. The maximum atomic E-state index is 9.12. The Balaban J connectivity index is 2.10. The van der Waals surface area contributed by atoms with Gasteiger partial charge in [0.25, 0.3) is 0 Å². The van der Waals surface area contributed by atoms with E-state index in [4.69, 9.17) is 33.3 Å². The van der Waals surface area contributed by atoms with Gasteiger partial charge in [-0.1, -0.05) is 11.6 Å². The first-order valence-electron chi connectivity index (χ1n) is 7.69. The number of aliphatic hydroxyl groups is 2. The number of nitrogen functional groups attached to an aromatic ring is 2. The number of hydrogen-bond donors (Lipinski definition) is 5. The molecule has 0 aliphatic rings. The summed E-state index contributed by atoms with van der Waals surface area (Å²) in [5.41, 5.74) is 15.6. The maximum Gasteiger partial charge on any atom is 0.0658 e. The van der Waals surface area contributed by atoms with Gasteiger partial charge in [-0.3, -0.25) is 0 Å². The highest BCUT2D eigenvalue weighted by atomic mass is 35.5. The van der Waals surface area contributed by atoms with Gasteiger partial charge in [0.2, 0.25) is 0 Å². The second kappa shape index (κ2) is 8.63. The Labute approximate surface area is 146 Å². The summed E-state index contributed by atoms with van der Waals surface area (Å²) in [6.07, 6.45) is 0. The predicted molar refractivity (Wildman–Crippen MR) is 100 cm³/mol. The number of anilines is 4. The first-order chi connectivity index (χ1) is 11.5. The van der Waals surface area contributed by atoms with Gasteiger partial charge in [-0.2, -0.15) is 0 Å². The van der Waals surface area contributed by atoms with Crippen LogP contribution in [0.1, 0.15) is 5.56 Å². The molecule has 0 saturated carbocycles. The second-order valence-corrected chi connectivity index (χ2v) is 5.82. The van der Waals surface area contributed by atoms with Crippen molar-refractivity contribution < 1.29 is 10.2 Å². The van der Waals surface area contributed by atoms with Gasteiger partial charge in [-0.25, -0.2) is 0 Å². The molecule has 2 aromatic rings. The molecule has 0 saturated heterocycles. The molecule has 0 aromatic heterocycles. The van der Waals surface area contributed by atoms with Crippen molar-refractivity contribution in [1.82, 2.24) is 0 Å². The van der Waals surface area contributed by atoms with Crippen LogP contribution in [-0.4, -0.2) is 36.5 Å². The summed E-state index contributed by atoms with van der Waals surface area (Å²) in [7, 11) is 0. The van der Waals surface area contributed by atoms with Crippen molar-refractivity contribution in [3.8, 4) is 0 Å². The van der Waals surface area contributed by atoms with Crippen LogP contribution < -0.4 is 21.7 Å². The molecule has 7 heteroatoms. The summed E-state index contributed by atoms with van der Waals surface area (Å²) in [6, 6.07) is 10.9. The van der Waals surface area contributed by atoms with Crippen LogP contribution in [0.15, 0.2) is 36.4 Å². The van der Waals surface area contributed by atoms with Crippen LogP contribution in [0.2, 0.25) is 5.02 Å². The van der Waals surface area contributed by atoms with Gasteiger partial charge in [0.05, 0.1) is 23.9 Å². The molecular formula is C17H23ClN4O2. The van der Waals surface area contributed by atoms with E-state index in [-0.39, 0.29) is 13.2 Å². The molecule has 0 fully saturated rings. The lowest BCUT2D eigenvalue weighted by molar-refractivity contribution is 0.281. The summed E-state index contributed by atoms with van der Waals surface area (Å²) >= 11 is 6.34. The lowest BCUT2D eigenvalue weighted by Crippen LogP contribution is -2.29. The molecule has 6 nitrogen and oxygen atoms in total. The van der Waals surface area contributed by atoms with E-state index in [9.17, 15) is 0 Å². The SMILES string of the molecule is Nc1ccc(N)c(CNc2ccc(N(CCO)CCO)cc2Cl)c1. The van der Waals surface area contributed by atoms with E-state index in [2.05, 4.69) is 5.32 Å². The van der Waals surface area contributed by atoms with Crippen molar-refractivity contribution >= 4 is 34.4 Å². The molecule has 0 aliphatic heterocycles. The van der Waals surface area contributed by atoms with Crippen molar-refractivity contribution in [3.63, 3.8) is 0 Å². The number of nitrogens with zero attached hydrogens (tertiary/aromatic N) is 1. The fourth-order valence-corrected chi connectivity index (χ4v) is 2.67. The molecule has 7 N–H and O–H groups in total. The van der Waals surface area contributed by atoms with Crippen LogP contribution in [0.5, 0.6) is 0 Å². The Morgan fingerprint density at radius 1 is 1.00 bits per heavy atom. The van der Waals surface area contributed by atoms with Crippen molar-refractivity contribution in [2.75, 3.05) is 48.0 Å². The smallest absolute Gasteiger partial charge is 0.0658 e. The van der Waals surface area contributed by atoms with E-state index in [0.29, 0.717) is 36.0 Å². The zero-order valence-electron chi connectivity index (χ0n) is 13.4. The molecule has 130 valence electrons. The Morgan fingerprint density at radius 3 is 2.33 bits per heavy atom. The van der Waals surface area contributed by atoms with Gasteiger partial charge < -0.3 is 31.9 Å². The first-order valence-corrected chi connectivity index (χ1v) is 8.07. The van der Waals surface area contributed by atoms with Crippen LogP contribution >= 0.6 is 11.6 Å². The minimum Gasteiger partial charge on any atom is -0.399 e. The lowest BCUT2D eigenvalue weighted by atomic mass is 10.1. The topological polar surface area (TPSA) is 108 Å². The van der Waals surface area contributed by atoms with Crippen LogP contribution in [0, 0.1) is 0 Å². The molecular weight excluding hydrogens is 328 g/mol. The second-order valence-electron chi connectivity index (χ2n) is 5.41. The number of nitrogens with two attached hydrogens (primary N) is 2. The lowest BCUT2D eigenvalue weighted by Gasteiger charge is -2.23. The molecule has 0 radical (unpaired) electrons. The monoisotopic (exact) mass is 350 g/mol. The summed E-state index contributed by atoms with van der Waals surface area (Å²) in [4.78, 5) is 1.87. The molecule has 2 aromatic carbocycles. The molecule has 0 unspecified atom stereocenters. The van der Waals surface area contributed by atoms with Gasteiger partial charge in [0.1, 0.15) is 0 Å². The van der Waals surface area contributed by atoms with Crippen molar-refractivity contribution in [3.05, 3.63) is 47.0 Å². The molecule has 0 heterocycles. The number of aliphatic hydroxyl groups excluding tert-OH is 2. The Morgan fingerprint density at radius 2 is 1.71 bits per heavy atom. The largest absolute Gasteiger partial charge is 0.399 e. The van der Waals surface area contributed by atoms with Gasteiger partial charge >= 0.3 is 0 Å². The van der Waals surface area contributed by atoms with Gasteiger partial charge in [-0.05, 0) is 42.0 Å². The number of benzene rings is 2. The third-order valence-corrected chi connectivity index (χ3v) is 4.01. The Kier molecular flexibility index (Phi) is 6.54. The van der Waals surface area contributed by atoms with Crippen molar-refractivity contribution in [2.24, 2.45) is 0 Å². The molecule has 0 atom stereocenters. The third kappa shape index (κ3) is 4.67. The van der Waals surface area contributed by atoms with Gasteiger partial charge in [0, 0.05) is 36.7 Å².